The van der Waals surface area contributed by atoms with E-state index in [2.05, 4.69) is 6.58 Å². The lowest BCUT2D eigenvalue weighted by molar-refractivity contribution is -0.154. The van der Waals surface area contributed by atoms with E-state index in [1.165, 1.54) is 0 Å². The fraction of sp³-hybridized carbons (Fsp3) is 0.400. The van der Waals surface area contributed by atoms with Crippen LogP contribution in [0.1, 0.15) is 25.0 Å². The molecule has 1 aromatic rings. The predicted octanol–water partition coefficient (Wildman–Crippen LogP) is 2.57. The van der Waals surface area contributed by atoms with Crippen LogP contribution < -0.4 is 0 Å². The highest BCUT2D eigenvalue weighted by Gasteiger charge is 2.26. The van der Waals surface area contributed by atoms with Gasteiger partial charge in [-0.15, -0.1) is 0 Å². The quantitative estimate of drug-likeness (QED) is 0.815. The third kappa shape index (κ3) is 3.44. The van der Waals surface area contributed by atoms with E-state index in [0.717, 1.165) is 16.7 Å². The number of carbonyl (C=O) groups is 1. The highest BCUT2D eigenvalue weighted by Crippen LogP contribution is 2.25. The number of aryl methyl sites for hydroxylation is 1. The number of rotatable bonds is 5. The van der Waals surface area contributed by atoms with Gasteiger partial charge in [0, 0.05) is 5.92 Å². The second-order valence-corrected chi connectivity index (χ2v) is 4.38. The molecule has 1 N–H and O–H groups in total. The van der Waals surface area contributed by atoms with Crippen LogP contribution in [0.3, 0.4) is 0 Å². The molecule has 0 fully saturated rings. The van der Waals surface area contributed by atoms with Gasteiger partial charge in [-0.25, -0.2) is 4.79 Å². The van der Waals surface area contributed by atoms with Gasteiger partial charge in [0.1, 0.15) is 0 Å². The largest absolute Gasteiger partial charge is 0.464 e. The Morgan fingerprint density at radius 2 is 2.17 bits per heavy atom. The summed E-state index contributed by atoms with van der Waals surface area (Å²) in [6.45, 7) is 9.70. The number of hydrogen-bond donors (Lipinski definition) is 1. The number of ether oxygens (including phenoxy) is 1. The van der Waals surface area contributed by atoms with E-state index in [-0.39, 0.29) is 12.5 Å². The topological polar surface area (TPSA) is 46.5 Å². The third-order valence-corrected chi connectivity index (χ3v) is 2.94. The summed E-state index contributed by atoms with van der Waals surface area (Å²) < 4.78 is 4.80. The molecule has 0 aliphatic rings. The zero-order valence-electron chi connectivity index (χ0n) is 11.1. The van der Waals surface area contributed by atoms with Crippen LogP contribution in [-0.4, -0.2) is 23.8 Å². The van der Waals surface area contributed by atoms with E-state index < -0.39 is 12.1 Å². The Bertz CT molecular complexity index is 437. The van der Waals surface area contributed by atoms with E-state index >= 15 is 0 Å². The summed E-state index contributed by atoms with van der Waals surface area (Å²) in [4.78, 5) is 11.5. The van der Waals surface area contributed by atoms with Crippen LogP contribution in [0.15, 0.2) is 30.8 Å². The Morgan fingerprint density at radius 3 is 2.72 bits per heavy atom. The van der Waals surface area contributed by atoms with Crippen LogP contribution in [0.4, 0.5) is 0 Å². The zero-order chi connectivity index (χ0) is 13.7. The minimum Gasteiger partial charge on any atom is -0.464 e. The van der Waals surface area contributed by atoms with Gasteiger partial charge in [-0.2, -0.15) is 0 Å². The second kappa shape index (κ2) is 6.36. The first-order valence-corrected chi connectivity index (χ1v) is 6.08. The maximum Gasteiger partial charge on any atom is 0.335 e. The first-order valence-electron chi connectivity index (χ1n) is 6.08. The SMILES string of the molecule is C=C(c1cccc(C)c1)[C@@H](C)[C@@H](O)C(=O)OCC. The zero-order valence-corrected chi connectivity index (χ0v) is 11.1. The Kier molecular flexibility index (Phi) is 5.10. The third-order valence-electron chi connectivity index (χ3n) is 2.94. The summed E-state index contributed by atoms with van der Waals surface area (Å²) >= 11 is 0. The van der Waals surface area contributed by atoms with Gasteiger partial charge in [0.05, 0.1) is 6.61 Å². The Hall–Kier alpha value is -1.61. The monoisotopic (exact) mass is 248 g/mol. The van der Waals surface area contributed by atoms with Crippen molar-refractivity contribution in [1.82, 2.24) is 0 Å². The van der Waals surface area contributed by atoms with Gasteiger partial charge in [-0.3, -0.25) is 0 Å². The second-order valence-electron chi connectivity index (χ2n) is 4.38. The molecule has 98 valence electrons. The summed E-state index contributed by atoms with van der Waals surface area (Å²) in [7, 11) is 0. The highest BCUT2D eigenvalue weighted by atomic mass is 16.5. The summed E-state index contributed by atoms with van der Waals surface area (Å²) in [6, 6.07) is 7.82. The number of carbonyl (C=O) groups excluding carboxylic acids is 1. The molecule has 0 radical (unpaired) electrons. The van der Waals surface area contributed by atoms with Crippen molar-refractivity contribution in [2.75, 3.05) is 6.61 Å². The molecule has 1 aromatic carbocycles. The molecule has 0 bridgehead atoms. The molecule has 2 atom stereocenters. The molecule has 0 aliphatic heterocycles. The van der Waals surface area contributed by atoms with Gasteiger partial charge in [-0.1, -0.05) is 43.3 Å². The van der Waals surface area contributed by atoms with Crippen LogP contribution in [0, 0.1) is 12.8 Å². The van der Waals surface area contributed by atoms with Crippen molar-refractivity contribution in [2.45, 2.75) is 26.9 Å². The standard InChI is InChI=1S/C15H20O3/c1-5-18-15(17)14(16)12(4)11(3)13-8-6-7-10(2)9-13/h6-9,12,14,16H,3,5H2,1-2,4H3/t12-,14-/m1/s1. The summed E-state index contributed by atoms with van der Waals surface area (Å²) in [5, 5.41) is 9.88. The van der Waals surface area contributed by atoms with E-state index in [0.29, 0.717) is 0 Å². The van der Waals surface area contributed by atoms with Crippen LogP contribution in [0.25, 0.3) is 5.57 Å². The Morgan fingerprint density at radius 1 is 1.50 bits per heavy atom. The lowest BCUT2D eigenvalue weighted by atomic mass is 9.90. The first-order chi connectivity index (χ1) is 8.47. The number of esters is 1. The van der Waals surface area contributed by atoms with E-state index in [1.807, 2.05) is 31.2 Å². The average molecular weight is 248 g/mol. The van der Waals surface area contributed by atoms with Gasteiger partial charge >= 0.3 is 5.97 Å². The highest BCUT2D eigenvalue weighted by molar-refractivity contribution is 5.79. The summed E-state index contributed by atoms with van der Waals surface area (Å²) in [5.74, 6) is -0.968. The molecule has 0 heterocycles. The fourth-order valence-electron chi connectivity index (χ4n) is 1.73. The Labute approximate surface area is 108 Å². The molecule has 3 heteroatoms. The minimum atomic E-state index is -1.17. The van der Waals surface area contributed by atoms with E-state index in [1.54, 1.807) is 13.8 Å². The molecule has 0 unspecified atom stereocenters. The number of benzene rings is 1. The fourth-order valence-corrected chi connectivity index (χ4v) is 1.73. The molecule has 18 heavy (non-hydrogen) atoms. The van der Waals surface area contributed by atoms with Gasteiger partial charge in [0.2, 0.25) is 0 Å². The Balaban J connectivity index is 2.81. The first kappa shape index (κ1) is 14.5. The maximum atomic E-state index is 11.5. The summed E-state index contributed by atoms with van der Waals surface area (Å²) in [5.41, 5.74) is 2.79. The van der Waals surface area contributed by atoms with Crippen LogP contribution in [-0.2, 0) is 9.53 Å². The molecule has 0 spiro atoms. The molecule has 0 saturated carbocycles. The van der Waals surface area contributed by atoms with Crippen molar-refractivity contribution in [3.8, 4) is 0 Å². The van der Waals surface area contributed by atoms with Crippen LogP contribution in [0.2, 0.25) is 0 Å². The summed E-state index contributed by atoms with van der Waals surface area (Å²) in [6.07, 6.45) is -1.17. The average Bonchev–Trinajstić information content (AvgIpc) is 2.36. The van der Waals surface area contributed by atoms with E-state index in [4.69, 9.17) is 4.74 Å². The van der Waals surface area contributed by atoms with Gasteiger partial charge in [-0.05, 0) is 25.0 Å². The molecular weight excluding hydrogens is 228 g/mol. The molecule has 0 saturated heterocycles. The van der Waals surface area contributed by atoms with Crippen LogP contribution >= 0.6 is 0 Å². The predicted molar refractivity (Wildman–Crippen MR) is 72.0 cm³/mol. The molecular formula is C15H20O3. The molecule has 1 rings (SSSR count). The maximum absolute atomic E-state index is 11.5. The smallest absolute Gasteiger partial charge is 0.335 e. The van der Waals surface area contributed by atoms with Crippen molar-refractivity contribution in [3.63, 3.8) is 0 Å². The lowest BCUT2D eigenvalue weighted by Crippen LogP contribution is -2.30. The lowest BCUT2D eigenvalue weighted by Gasteiger charge is -2.20. The number of hydrogen-bond acceptors (Lipinski definition) is 3. The normalized spacial score (nSPS) is 13.8. The number of aliphatic hydroxyl groups is 1. The molecule has 0 aromatic heterocycles. The van der Waals surface area contributed by atoms with Crippen molar-refractivity contribution in [1.29, 1.82) is 0 Å². The van der Waals surface area contributed by atoms with E-state index in [9.17, 15) is 9.90 Å². The molecule has 3 nitrogen and oxygen atoms in total. The van der Waals surface area contributed by atoms with Crippen LogP contribution in [0.5, 0.6) is 0 Å². The molecule has 0 aliphatic carbocycles. The van der Waals surface area contributed by atoms with Gasteiger partial charge in [0.25, 0.3) is 0 Å². The van der Waals surface area contributed by atoms with Crippen molar-refractivity contribution < 1.29 is 14.6 Å². The van der Waals surface area contributed by atoms with Gasteiger partial charge < -0.3 is 9.84 Å². The van der Waals surface area contributed by atoms with Crippen molar-refractivity contribution in [2.24, 2.45) is 5.92 Å². The van der Waals surface area contributed by atoms with Gasteiger partial charge in [0.15, 0.2) is 6.10 Å². The minimum absolute atomic E-state index is 0.263. The van der Waals surface area contributed by atoms with Crippen molar-refractivity contribution in [3.05, 3.63) is 42.0 Å². The molecule has 0 amide bonds. The number of aliphatic hydroxyl groups excluding tert-OH is 1. The van der Waals surface area contributed by atoms with Crippen molar-refractivity contribution >= 4 is 11.5 Å².